The number of benzene rings is 1. The SMILES string of the molecule is CC1(O)CCOCC1C1CCCN1c1ccnc(Cc2ccccc2)n1. The molecule has 0 saturated carbocycles. The predicted octanol–water partition coefficient (Wildman–Crippen LogP) is 2.82. The molecular formula is C21H27N3O2. The molecule has 5 heteroatoms. The quantitative estimate of drug-likeness (QED) is 0.916. The molecule has 5 nitrogen and oxygen atoms in total. The van der Waals surface area contributed by atoms with E-state index in [0.717, 1.165) is 37.4 Å². The van der Waals surface area contributed by atoms with E-state index in [4.69, 9.17) is 9.72 Å². The van der Waals surface area contributed by atoms with Crippen molar-refractivity contribution >= 4 is 5.82 Å². The summed E-state index contributed by atoms with van der Waals surface area (Å²) < 4.78 is 5.70. The Morgan fingerprint density at radius 1 is 1.27 bits per heavy atom. The van der Waals surface area contributed by atoms with Crippen molar-refractivity contribution in [3.8, 4) is 0 Å². The van der Waals surface area contributed by atoms with E-state index in [1.165, 1.54) is 5.56 Å². The van der Waals surface area contributed by atoms with Crippen LogP contribution in [-0.4, -0.2) is 46.5 Å². The largest absolute Gasteiger partial charge is 0.390 e. The number of anilines is 1. The van der Waals surface area contributed by atoms with Crippen LogP contribution in [-0.2, 0) is 11.2 Å². The molecule has 0 aliphatic carbocycles. The van der Waals surface area contributed by atoms with Crippen LogP contribution >= 0.6 is 0 Å². The van der Waals surface area contributed by atoms with Gasteiger partial charge in [-0.1, -0.05) is 30.3 Å². The Hall–Kier alpha value is -1.98. The Morgan fingerprint density at radius 2 is 2.12 bits per heavy atom. The average Bonchev–Trinajstić information content (AvgIpc) is 3.12. The highest BCUT2D eigenvalue weighted by molar-refractivity contribution is 5.41. The monoisotopic (exact) mass is 353 g/mol. The molecule has 0 bridgehead atoms. The lowest BCUT2D eigenvalue weighted by molar-refractivity contribution is -0.108. The molecule has 2 saturated heterocycles. The maximum atomic E-state index is 10.9. The molecule has 0 amide bonds. The molecule has 26 heavy (non-hydrogen) atoms. The van der Waals surface area contributed by atoms with Gasteiger partial charge in [0, 0.05) is 37.7 Å². The Kier molecular flexibility index (Phi) is 4.92. The second-order valence-electron chi connectivity index (χ2n) is 7.68. The molecule has 1 N–H and O–H groups in total. The molecule has 3 unspecified atom stereocenters. The third-order valence-electron chi connectivity index (χ3n) is 5.80. The third-order valence-corrected chi connectivity index (χ3v) is 5.80. The Labute approximate surface area is 155 Å². The smallest absolute Gasteiger partial charge is 0.135 e. The van der Waals surface area contributed by atoms with Crippen LogP contribution < -0.4 is 4.90 Å². The lowest BCUT2D eigenvalue weighted by Gasteiger charge is -2.43. The van der Waals surface area contributed by atoms with E-state index < -0.39 is 5.60 Å². The fourth-order valence-corrected chi connectivity index (χ4v) is 4.29. The number of ether oxygens (including phenoxy) is 1. The van der Waals surface area contributed by atoms with E-state index in [1.54, 1.807) is 0 Å². The number of aliphatic hydroxyl groups is 1. The van der Waals surface area contributed by atoms with Gasteiger partial charge >= 0.3 is 0 Å². The summed E-state index contributed by atoms with van der Waals surface area (Å²) in [5, 5.41) is 10.9. The van der Waals surface area contributed by atoms with Gasteiger partial charge in [0.25, 0.3) is 0 Å². The number of hydrogen-bond donors (Lipinski definition) is 1. The summed E-state index contributed by atoms with van der Waals surface area (Å²) in [5.74, 6) is 1.92. The average molecular weight is 353 g/mol. The van der Waals surface area contributed by atoms with Gasteiger partial charge in [-0.25, -0.2) is 9.97 Å². The van der Waals surface area contributed by atoms with Crippen molar-refractivity contribution in [2.45, 2.75) is 44.2 Å². The van der Waals surface area contributed by atoms with Crippen LogP contribution in [0.15, 0.2) is 42.6 Å². The minimum absolute atomic E-state index is 0.117. The van der Waals surface area contributed by atoms with Crippen LogP contribution in [0.3, 0.4) is 0 Å². The summed E-state index contributed by atoms with van der Waals surface area (Å²) in [4.78, 5) is 11.6. The molecule has 2 aliphatic heterocycles. The van der Waals surface area contributed by atoms with Crippen LogP contribution in [0.4, 0.5) is 5.82 Å². The van der Waals surface area contributed by atoms with E-state index in [9.17, 15) is 5.11 Å². The fourth-order valence-electron chi connectivity index (χ4n) is 4.29. The van der Waals surface area contributed by atoms with Gasteiger partial charge in [0.1, 0.15) is 11.6 Å². The zero-order valence-corrected chi connectivity index (χ0v) is 15.3. The summed E-state index contributed by atoms with van der Waals surface area (Å²) in [6, 6.07) is 12.6. The first kappa shape index (κ1) is 17.4. The highest BCUT2D eigenvalue weighted by Crippen LogP contribution is 2.37. The van der Waals surface area contributed by atoms with Gasteiger partial charge in [0.2, 0.25) is 0 Å². The second-order valence-corrected chi connectivity index (χ2v) is 7.68. The predicted molar refractivity (Wildman–Crippen MR) is 101 cm³/mol. The number of aromatic nitrogens is 2. The van der Waals surface area contributed by atoms with Crippen LogP contribution in [0.1, 0.15) is 37.6 Å². The van der Waals surface area contributed by atoms with Crippen molar-refractivity contribution in [2.24, 2.45) is 5.92 Å². The maximum Gasteiger partial charge on any atom is 0.135 e. The number of nitrogens with zero attached hydrogens (tertiary/aromatic N) is 3. The summed E-state index contributed by atoms with van der Waals surface area (Å²) in [6.45, 7) is 4.19. The first-order chi connectivity index (χ1) is 12.6. The summed E-state index contributed by atoms with van der Waals surface area (Å²) in [7, 11) is 0. The van der Waals surface area contributed by atoms with Crippen LogP contribution in [0.2, 0.25) is 0 Å². The summed E-state index contributed by atoms with van der Waals surface area (Å²) >= 11 is 0. The highest BCUT2D eigenvalue weighted by atomic mass is 16.5. The minimum atomic E-state index is -0.675. The van der Waals surface area contributed by atoms with Crippen LogP contribution in [0.25, 0.3) is 0 Å². The number of rotatable bonds is 4. The molecule has 3 atom stereocenters. The molecule has 2 aromatic rings. The van der Waals surface area contributed by atoms with Crippen molar-refractivity contribution in [1.29, 1.82) is 0 Å². The molecule has 0 spiro atoms. The van der Waals surface area contributed by atoms with Gasteiger partial charge < -0.3 is 14.7 Å². The fraction of sp³-hybridized carbons (Fsp3) is 0.524. The van der Waals surface area contributed by atoms with Gasteiger partial charge in [-0.15, -0.1) is 0 Å². The Balaban J connectivity index is 1.55. The van der Waals surface area contributed by atoms with Gasteiger partial charge in [-0.2, -0.15) is 0 Å². The van der Waals surface area contributed by atoms with Crippen molar-refractivity contribution in [1.82, 2.24) is 9.97 Å². The standard InChI is InChI=1S/C21H27N3O2/c1-21(25)10-13-26-15-17(21)18-8-5-12-24(18)20-9-11-22-19(23-20)14-16-6-3-2-4-7-16/h2-4,6-7,9,11,17-18,25H,5,8,10,12-15H2,1H3. The molecule has 1 aromatic carbocycles. The van der Waals surface area contributed by atoms with E-state index >= 15 is 0 Å². The first-order valence-corrected chi connectivity index (χ1v) is 9.56. The summed E-state index contributed by atoms with van der Waals surface area (Å²) in [5.41, 5.74) is 0.539. The molecule has 1 aromatic heterocycles. The topological polar surface area (TPSA) is 58.5 Å². The first-order valence-electron chi connectivity index (χ1n) is 9.56. The van der Waals surface area contributed by atoms with Gasteiger partial charge in [-0.05, 0) is 37.8 Å². The van der Waals surface area contributed by atoms with Crippen LogP contribution in [0, 0.1) is 5.92 Å². The van der Waals surface area contributed by atoms with Crippen molar-refractivity contribution in [3.63, 3.8) is 0 Å². The molecule has 138 valence electrons. The maximum absolute atomic E-state index is 10.9. The normalized spacial score (nSPS) is 29.1. The summed E-state index contributed by atoms with van der Waals surface area (Å²) in [6.07, 6.45) is 5.48. The molecule has 2 aliphatic rings. The molecule has 2 fully saturated rings. The highest BCUT2D eigenvalue weighted by Gasteiger charge is 2.44. The number of hydrogen-bond acceptors (Lipinski definition) is 5. The molecule has 0 radical (unpaired) electrons. The van der Waals surface area contributed by atoms with E-state index in [0.29, 0.717) is 19.6 Å². The van der Waals surface area contributed by atoms with Crippen LogP contribution in [0.5, 0.6) is 0 Å². The van der Waals surface area contributed by atoms with Gasteiger partial charge in [-0.3, -0.25) is 0 Å². The van der Waals surface area contributed by atoms with Crippen molar-refractivity contribution in [2.75, 3.05) is 24.7 Å². The van der Waals surface area contributed by atoms with E-state index in [-0.39, 0.29) is 12.0 Å². The van der Waals surface area contributed by atoms with Crippen molar-refractivity contribution < 1.29 is 9.84 Å². The molecule has 4 rings (SSSR count). The Bertz CT molecular complexity index is 735. The molecular weight excluding hydrogens is 326 g/mol. The second kappa shape index (κ2) is 7.33. The van der Waals surface area contributed by atoms with Gasteiger partial charge in [0.15, 0.2) is 0 Å². The Morgan fingerprint density at radius 3 is 2.92 bits per heavy atom. The lowest BCUT2D eigenvalue weighted by atomic mass is 9.79. The van der Waals surface area contributed by atoms with E-state index in [1.807, 2.05) is 37.4 Å². The van der Waals surface area contributed by atoms with Gasteiger partial charge in [0.05, 0.1) is 12.2 Å². The van der Waals surface area contributed by atoms with Crippen molar-refractivity contribution in [3.05, 3.63) is 54.0 Å². The zero-order valence-electron chi connectivity index (χ0n) is 15.3. The zero-order chi connectivity index (χ0) is 18.0. The lowest BCUT2D eigenvalue weighted by Crippen LogP contribution is -2.52. The third kappa shape index (κ3) is 3.60. The van der Waals surface area contributed by atoms with E-state index in [2.05, 4.69) is 22.0 Å². The minimum Gasteiger partial charge on any atom is -0.390 e. The molecule has 3 heterocycles.